The van der Waals surface area contributed by atoms with Gasteiger partial charge in [0, 0.05) is 28.9 Å². The number of anilines is 2. The molecule has 5 aromatic rings. The average Bonchev–Trinajstić information content (AvgIpc) is 3.35. The number of nitrogens with one attached hydrogen (secondary N) is 1. The number of aromatic nitrogens is 2. The van der Waals surface area contributed by atoms with Crippen molar-refractivity contribution in [3.8, 4) is 0 Å². The van der Waals surface area contributed by atoms with Crippen LogP contribution in [0.25, 0.3) is 21.1 Å². The number of fused-ring (bicyclic) bond motifs is 3. The molecule has 0 amide bonds. The molecule has 2 aromatic heterocycles. The number of thiazole rings is 1. The lowest BCUT2D eigenvalue weighted by Gasteiger charge is -2.13. The number of pyridine rings is 1. The minimum Gasteiger partial charge on any atom is -0.355 e. The van der Waals surface area contributed by atoms with E-state index < -0.39 is 9.84 Å². The number of hydrogen-bond acceptors (Lipinski definition) is 6. The van der Waals surface area contributed by atoms with Gasteiger partial charge >= 0.3 is 0 Å². The Bertz CT molecular complexity index is 1560. The highest BCUT2D eigenvalue weighted by Crippen LogP contribution is 2.42. The molecular formula is C24H17N3O2S2. The first-order chi connectivity index (χ1) is 15.1. The molecule has 0 fully saturated rings. The molecule has 0 radical (unpaired) electrons. The van der Waals surface area contributed by atoms with Crippen LogP contribution < -0.4 is 5.32 Å². The third kappa shape index (κ3) is 3.08. The maximum Gasteiger partial charge on any atom is 0.179 e. The quantitative estimate of drug-likeness (QED) is 0.398. The van der Waals surface area contributed by atoms with Gasteiger partial charge < -0.3 is 5.32 Å². The van der Waals surface area contributed by atoms with Crippen LogP contribution in [0.15, 0.2) is 83.3 Å². The minimum atomic E-state index is -3.37. The zero-order valence-corrected chi connectivity index (χ0v) is 18.0. The summed E-state index contributed by atoms with van der Waals surface area (Å²) < 4.78 is 27.2. The predicted octanol–water partition coefficient (Wildman–Crippen LogP) is 5.51. The fourth-order valence-corrected chi connectivity index (χ4v) is 6.80. The van der Waals surface area contributed by atoms with Crippen LogP contribution in [0, 0.1) is 0 Å². The van der Waals surface area contributed by atoms with E-state index in [1.165, 1.54) is 0 Å². The van der Waals surface area contributed by atoms with Crippen LogP contribution in [0.1, 0.15) is 17.0 Å². The second-order valence-electron chi connectivity index (χ2n) is 7.67. The fourth-order valence-electron chi connectivity index (χ4n) is 4.29. The average molecular weight is 444 g/mol. The number of nitrogens with zero attached hydrogens (tertiary/aromatic N) is 2. The van der Waals surface area contributed by atoms with E-state index in [-0.39, 0.29) is 11.7 Å². The van der Waals surface area contributed by atoms with Gasteiger partial charge in [-0.1, -0.05) is 30.3 Å². The van der Waals surface area contributed by atoms with E-state index in [0.29, 0.717) is 4.90 Å². The van der Waals surface area contributed by atoms with Crippen molar-refractivity contribution < 1.29 is 8.42 Å². The molecule has 1 aliphatic rings. The first-order valence-corrected chi connectivity index (χ1v) is 12.4. The Morgan fingerprint density at radius 2 is 1.81 bits per heavy atom. The van der Waals surface area contributed by atoms with Crippen molar-refractivity contribution in [1.82, 2.24) is 9.97 Å². The van der Waals surface area contributed by atoms with E-state index in [1.807, 2.05) is 66.2 Å². The van der Waals surface area contributed by atoms with Gasteiger partial charge in [0.1, 0.15) is 0 Å². The highest BCUT2D eigenvalue weighted by atomic mass is 32.2. The first kappa shape index (κ1) is 18.5. The van der Waals surface area contributed by atoms with E-state index in [1.54, 1.807) is 23.6 Å². The molecule has 3 heterocycles. The monoisotopic (exact) mass is 443 g/mol. The van der Waals surface area contributed by atoms with Crippen LogP contribution in [0.4, 0.5) is 11.4 Å². The standard InChI is InChI=1S/C24H17N3O2S2/c28-31(29)13-19(15-4-2-1-3-5-15)17-11-21-18(12-24(17)31)20(8-9-25-21)27-16-6-7-23-22(10-16)26-14-30-23/h1-12,14,19H,13H2,(H,25,27). The van der Waals surface area contributed by atoms with E-state index >= 15 is 0 Å². The Kier molecular flexibility index (Phi) is 4.09. The van der Waals surface area contributed by atoms with Gasteiger partial charge in [0.15, 0.2) is 9.84 Å². The molecule has 152 valence electrons. The summed E-state index contributed by atoms with van der Waals surface area (Å²) in [5, 5.41) is 4.21. The van der Waals surface area contributed by atoms with Gasteiger partial charge in [-0.2, -0.15) is 0 Å². The largest absolute Gasteiger partial charge is 0.355 e. The number of hydrogen-bond donors (Lipinski definition) is 1. The lowest BCUT2D eigenvalue weighted by Crippen LogP contribution is -2.04. The maximum atomic E-state index is 13.0. The van der Waals surface area contributed by atoms with Crippen LogP contribution in [0.2, 0.25) is 0 Å². The summed E-state index contributed by atoms with van der Waals surface area (Å²) in [4.78, 5) is 9.31. The molecule has 1 N–H and O–H groups in total. The second kappa shape index (κ2) is 6.87. The normalized spacial score (nSPS) is 17.1. The Balaban J connectivity index is 1.48. The molecule has 0 bridgehead atoms. The van der Waals surface area contributed by atoms with Crippen LogP contribution in [-0.2, 0) is 9.84 Å². The molecule has 0 spiro atoms. The van der Waals surface area contributed by atoms with Gasteiger partial charge in [-0.25, -0.2) is 13.4 Å². The molecule has 5 nitrogen and oxygen atoms in total. The van der Waals surface area contributed by atoms with E-state index in [2.05, 4.69) is 15.3 Å². The molecule has 1 unspecified atom stereocenters. The molecule has 31 heavy (non-hydrogen) atoms. The number of benzene rings is 3. The zero-order chi connectivity index (χ0) is 21.0. The van der Waals surface area contributed by atoms with Gasteiger partial charge in [-0.15, -0.1) is 11.3 Å². The van der Waals surface area contributed by atoms with Crippen molar-refractivity contribution in [1.29, 1.82) is 0 Å². The van der Waals surface area contributed by atoms with Crippen LogP contribution >= 0.6 is 11.3 Å². The second-order valence-corrected chi connectivity index (χ2v) is 10.6. The van der Waals surface area contributed by atoms with Gasteiger partial charge in [-0.3, -0.25) is 4.98 Å². The molecule has 3 aromatic carbocycles. The van der Waals surface area contributed by atoms with E-state index in [9.17, 15) is 8.42 Å². The van der Waals surface area contributed by atoms with Crippen molar-refractivity contribution in [2.45, 2.75) is 10.8 Å². The van der Waals surface area contributed by atoms with Crippen molar-refractivity contribution in [3.05, 3.63) is 89.6 Å². The summed E-state index contributed by atoms with van der Waals surface area (Å²) in [6.07, 6.45) is 1.75. The SMILES string of the molecule is O=S1(=O)CC(c2ccccc2)c2cc3nccc(Nc4ccc5scnc5c4)c3cc21. The summed E-state index contributed by atoms with van der Waals surface area (Å²) in [6, 6.07) is 21.4. The molecule has 0 aliphatic carbocycles. The minimum absolute atomic E-state index is 0.0892. The Hall–Kier alpha value is -3.29. The summed E-state index contributed by atoms with van der Waals surface area (Å²) in [5.41, 5.74) is 7.09. The summed E-state index contributed by atoms with van der Waals surface area (Å²) >= 11 is 1.60. The highest BCUT2D eigenvalue weighted by Gasteiger charge is 2.36. The van der Waals surface area contributed by atoms with Gasteiger partial charge in [0.2, 0.25) is 0 Å². The Morgan fingerprint density at radius 1 is 0.935 bits per heavy atom. The summed E-state index contributed by atoms with van der Waals surface area (Å²) in [6.45, 7) is 0. The topological polar surface area (TPSA) is 72.0 Å². The van der Waals surface area contributed by atoms with E-state index in [4.69, 9.17) is 0 Å². The molecule has 1 aliphatic heterocycles. The van der Waals surface area contributed by atoms with Crippen molar-refractivity contribution in [2.75, 3.05) is 11.1 Å². The number of rotatable bonds is 3. The Morgan fingerprint density at radius 3 is 2.68 bits per heavy atom. The third-order valence-corrected chi connectivity index (χ3v) is 8.39. The third-order valence-electron chi connectivity index (χ3n) is 5.78. The summed E-state index contributed by atoms with van der Waals surface area (Å²) in [5.74, 6) is -0.0811. The van der Waals surface area contributed by atoms with Crippen LogP contribution in [0.5, 0.6) is 0 Å². The molecule has 0 saturated carbocycles. The van der Waals surface area contributed by atoms with E-state index in [0.717, 1.165) is 43.6 Å². The first-order valence-electron chi connectivity index (χ1n) is 9.89. The number of sulfone groups is 1. The maximum absolute atomic E-state index is 13.0. The van der Waals surface area contributed by atoms with Crippen molar-refractivity contribution in [3.63, 3.8) is 0 Å². The zero-order valence-electron chi connectivity index (χ0n) is 16.3. The van der Waals surface area contributed by atoms with Crippen LogP contribution in [0.3, 0.4) is 0 Å². The molecule has 7 heteroatoms. The van der Waals surface area contributed by atoms with Gasteiger partial charge in [0.05, 0.1) is 31.9 Å². The highest BCUT2D eigenvalue weighted by molar-refractivity contribution is 7.91. The predicted molar refractivity (Wildman–Crippen MR) is 125 cm³/mol. The van der Waals surface area contributed by atoms with Gasteiger partial charge in [-0.05, 0) is 47.5 Å². The fraction of sp³-hybridized carbons (Fsp3) is 0.0833. The van der Waals surface area contributed by atoms with Crippen molar-refractivity contribution in [2.24, 2.45) is 0 Å². The van der Waals surface area contributed by atoms with Gasteiger partial charge in [0.25, 0.3) is 0 Å². The summed E-state index contributed by atoms with van der Waals surface area (Å²) in [7, 11) is -3.37. The molecular weight excluding hydrogens is 426 g/mol. The molecule has 1 atom stereocenters. The molecule has 0 saturated heterocycles. The molecule has 6 rings (SSSR count). The Labute approximate surface area is 183 Å². The van der Waals surface area contributed by atoms with Crippen molar-refractivity contribution >= 4 is 53.7 Å². The van der Waals surface area contributed by atoms with Crippen LogP contribution in [-0.4, -0.2) is 24.1 Å². The lowest BCUT2D eigenvalue weighted by atomic mass is 9.92. The smallest absolute Gasteiger partial charge is 0.179 e. The lowest BCUT2D eigenvalue weighted by molar-refractivity contribution is 0.599.